The van der Waals surface area contributed by atoms with Gasteiger partial charge in [-0.1, -0.05) is 48.5 Å². The van der Waals surface area contributed by atoms with Gasteiger partial charge in [0.05, 0.1) is 0 Å². The molecule has 1 aliphatic heterocycles. The molecule has 2 aromatic carbocycles. The van der Waals surface area contributed by atoms with Gasteiger partial charge in [-0.2, -0.15) is 0 Å². The van der Waals surface area contributed by atoms with Crippen LogP contribution in [0.4, 0.5) is 0 Å². The van der Waals surface area contributed by atoms with E-state index in [1.165, 1.54) is 16.7 Å². The molecule has 2 unspecified atom stereocenters. The summed E-state index contributed by atoms with van der Waals surface area (Å²) < 4.78 is 0. The number of carboxylic acids is 1. The van der Waals surface area contributed by atoms with Crippen molar-refractivity contribution in [2.24, 2.45) is 0 Å². The maximum atomic E-state index is 12.8. The van der Waals surface area contributed by atoms with Crippen molar-refractivity contribution in [2.75, 3.05) is 5.75 Å². The monoisotopic (exact) mass is 313 g/mol. The fourth-order valence-electron chi connectivity index (χ4n) is 2.55. The van der Waals surface area contributed by atoms with Crippen LogP contribution < -0.4 is 0 Å². The average molecular weight is 313 g/mol. The number of hydrogen-bond acceptors (Lipinski definition) is 3. The quantitative estimate of drug-likeness (QED) is 0.946. The fraction of sp³-hybridized carbons (Fsp3) is 0.176. The molecule has 1 N–H and O–H groups in total. The van der Waals surface area contributed by atoms with Gasteiger partial charge in [0.15, 0.2) is 0 Å². The van der Waals surface area contributed by atoms with Gasteiger partial charge in [0.25, 0.3) is 5.91 Å². The van der Waals surface area contributed by atoms with Gasteiger partial charge < -0.3 is 10.0 Å². The molecule has 2 aromatic rings. The summed E-state index contributed by atoms with van der Waals surface area (Å²) >= 11 is 1.49. The fourth-order valence-corrected chi connectivity index (χ4v) is 3.97. The molecular formula is C17H15NO3S. The highest BCUT2D eigenvalue weighted by atomic mass is 32.2. The first-order valence-electron chi connectivity index (χ1n) is 6.95. The number of amides is 1. The number of nitrogens with zero attached hydrogens (tertiary/aromatic N) is 1. The summed E-state index contributed by atoms with van der Waals surface area (Å²) in [6.07, 6.45) is 0. The first-order chi connectivity index (χ1) is 10.7. The number of carbonyl (C=O) groups excluding carboxylic acids is 1. The van der Waals surface area contributed by atoms with Crippen molar-refractivity contribution < 1.29 is 14.7 Å². The van der Waals surface area contributed by atoms with Gasteiger partial charge in [-0.25, -0.2) is 4.79 Å². The van der Waals surface area contributed by atoms with Crippen LogP contribution >= 0.6 is 11.8 Å². The molecule has 0 radical (unpaired) electrons. The molecule has 1 fully saturated rings. The Kier molecular flexibility index (Phi) is 4.15. The second-order valence-corrected chi connectivity index (χ2v) is 6.14. The van der Waals surface area contributed by atoms with Crippen molar-refractivity contribution in [2.45, 2.75) is 11.4 Å². The lowest BCUT2D eigenvalue weighted by molar-refractivity contribution is -0.141. The number of thioether (sulfide) groups is 1. The van der Waals surface area contributed by atoms with E-state index in [1.807, 2.05) is 36.4 Å². The van der Waals surface area contributed by atoms with Gasteiger partial charge in [-0.05, 0) is 17.7 Å². The Morgan fingerprint density at radius 1 is 1.00 bits per heavy atom. The minimum Gasteiger partial charge on any atom is -0.480 e. The van der Waals surface area contributed by atoms with Crippen molar-refractivity contribution >= 4 is 23.6 Å². The summed E-state index contributed by atoms with van der Waals surface area (Å²) in [6, 6.07) is 17.6. The van der Waals surface area contributed by atoms with Crippen LogP contribution in [0.3, 0.4) is 0 Å². The predicted octanol–water partition coefficient (Wildman–Crippen LogP) is 3.03. The molecular weight excluding hydrogens is 298 g/mol. The van der Waals surface area contributed by atoms with Crippen molar-refractivity contribution in [3.63, 3.8) is 0 Å². The van der Waals surface area contributed by atoms with E-state index in [0.29, 0.717) is 11.3 Å². The lowest BCUT2D eigenvalue weighted by Crippen LogP contribution is -2.42. The Hall–Kier alpha value is -2.27. The molecule has 22 heavy (non-hydrogen) atoms. The van der Waals surface area contributed by atoms with Crippen molar-refractivity contribution in [1.29, 1.82) is 0 Å². The molecule has 0 aliphatic carbocycles. The highest BCUT2D eigenvalue weighted by molar-refractivity contribution is 7.99. The van der Waals surface area contributed by atoms with Crippen molar-refractivity contribution in [3.05, 3.63) is 71.8 Å². The van der Waals surface area contributed by atoms with E-state index in [1.54, 1.807) is 24.3 Å². The van der Waals surface area contributed by atoms with Gasteiger partial charge >= 0.3 is 5.97 Å². The van der Waals surface area contributed by atoms with E-state index in [4.69, 9.17) is 0 Å². The molecule has 1 heterocycles. The first-order valence-corrected chi connectivity index (χ1v) is 8.00. The summed E-state index contributed by atoms with van der Waals surface area (Å²) in [5.41, 5.74) is 1.46. The number of rotatable bonds is 3. The summed E-state index contributed by atoms with van der Waals surface area (Å²) in [5, 5.41) is 9.17. The van der Waals surface area contributed by atoms with E-state index in [2.05, 4.69) is 0 Å². The largest absolute Gasteiger partial charge is 0.480 e. The number of aliphatic carboxylic acids is 1. The van der Waals surface area contributed by atoms with Gasteiger partial charge in [0.2, 0.25) is 0 Å². The van der Waals surface area contributed by atoms with E-state index >= 15 is 0 Å². The average Bonchev–Trinajstić information content (AvgIpc) is 3.01. The second-order valence-electron chi connectivity index (χ2n) is 5.03. The van der Waals surface area contributed by atoms with Crippen molar-refractivity contribution in [1.82, 2.24) is 4.90 Å². The molecule has 0 aromatic heterocycles. The van der Waals surface area contributed by atoms with Crippen LogP contribution in [0.1, 0.15) is 21.3 Å². The standard InChI is InChI=1S/C17H15NO3S/c19-15(12-7-3-1-4-8-12)18-14(17(20)21)11-22-16(18)13-9-5-2-6-10-13/h1-10,14,16H,11H2,(H,20,21). The zero-order valence-electron chi connectivity index (χ0n) is 11.8. The van der Waals surface area contributed by atoms with Gasteiger partial charge in [-0.15, -0.1) is 11.8 Å². The molecule has 112 valence electrons. The predicted molar refractivity (Wildman–Crippen MR) is 85.7 cm³/mol. The second kappa shape index (κ2) is 6.23. The molecule has 5 heteroatoms. The van der Waals surface area contributed by atoms with Crippen LogP contribution in [0, 0.1) is 0 Å². The topological polar surface area (TPSA) is 57.6 Å². The molecule has 1 saturated heterocycles. The summed E-state index contributed by atoms with van der Waals surface area (Å²) in [5.74, 6) is -0.810. The lowest BCUT2D eigenvalue weighted by Gasteiger charge is -2.27. The summed E-state index contributed by atoms with van der Waals surface area (Å²) in [7, 11) is 0. The Balaban J connectivity index is 1.98. The molecule has 0 saturated carbocycles. The minimum absolute atomic E-state index is 0.244. The molecule has 0 spiro atoms. The third kappa shape index (κ3) is 2.72. The normalized spacial score (nSPS) is 20.8. The minimum atomic E-state index is -0.963. The van der Waals surface area contributed by atoms with Crippen LogP contribution in [0.15, 0.2) is 60.7 Å². The van der Waals surface area contributed by atoms with E-state index in [0.717, 1.165) is 5.56 Å². The molecule has 0 bridgehead atoms. The number of carbonyl (C=O) groups is 2. The highest BCUT2D eigenvalue weighted by Gasteiger charge is 2.42. The number of carboxylic acid groups (broad SMARTS) is 1. The molecule has 4 nitrogen and oxygen atoms in total. The van der Waals surface area contributed by atoms with Crippen LogP contribution in [-0.4, -0.2) is 33.7 Å². The Bertz CT molecular complexity index is 675. The van der Waals surface area contributed by atoms with E-state index < -0.39 is 12.0 Å². The third-order valence-corrected chi connectivity index (χ3v) is 4.95. The number of benzene rings is 2. The van der Waals surface area contributed by atoms with Crippen LogP contribution in [0.2, 0.25) is 0 Å². The maximum absolute atomic E-state index is 12.8. The maximum Gasteiger partial charge on any atom is 0.327 e. The van der Waals surface area contributed by atoms with Crippen LogP contribution in [0.5, 0.6) is 0 Å². The smallest absolute Gasteiger partial charge is 0.327 e. The SMILES string of the molecule is O=C(O)C1CSC(c2ccccc2)N1C(=O)c1ccccc1. The summed E-state index contributed by atoms with van der Waals surface area (Å²) in [4.78, 5) is 25.8. The molecule has 2 atom stereocenters. The van der Waals surface area contributed by atoms with Gasteiger partial charge in [0.1, 0.15) is 11.4 Å². The molecule has 3 rings (SSSR count). The van der Waals surface area contributed by atoms with Gasteiger partial charge in [-0.3, -0.25) is 4.79 Å². The van der Waals surface area contributed by atoms with E-state index in [-0.39, 0.29) is 11.3 Å². The first kappa shape index (κ1) is 14.7. The molecule has 1 aliphatic rings. The lowest BCUT2D eigenvalue weighted by atomic mass is 10.1. The summed E-state index contributed by atoms with van der Waals surface area (Å²) in [6.45, 7) is 0. The van der Waals surface area contributed by atoms with Crippen LogP contribution in [-0.2, 0) is 4.79 Å². The Morgan fingerprint density at radius 2 is 1.59 bits per heavy atom. The van der Waals surface area contributed by atoms with Crippen LogP contribution in [0.25, 0.3) is 0 Å². The van der Waals surface area contributed by atoms with Gasteiger partial charge in [0, 0.05) is 11.3 Å². The molecule has 1 amide bonds. The van der Waals surface area contributed by atoms with Crippen molar-refractivity contribution in [3.8, 4) is 0 Å². The van der Waals surface area contributed by atoms with E-state index in [9.17, 15) is 14.7 Å². The highest BCUT2D eigenvalue weighted by Crippen LogP contribution is 2.42. The Labute approximate surface area is 132 Å². The zero-order valence-corrected chi connectivity index (χ0v) is 12.6. The number of hydrogen-bond donors (Lipinski definition) is 1. The third-order valence-electron chi connectivity index (χ3n) is 3.63. The zero-order chi connectivity index (χ0) is 15.5. The Morgan fingerprint density at radius 3 is 2.18 bits per heavy atom.